The van der Waals surface area contributed by atoms with Gasteiger partial charge in [0.25, 0.3) is 0 Å². The van der Waals surface area contributed by atoms with Gasteiger partial charge in [-0.15, -0.1) is 0 Å². The van der Waals surface area contributed by atoms with Gasteiger partial charge in [-0.2, -0.15) is 8.78 Å². The number of carbonyl (C=O) groups excluding carboxylic acids is 1. The van der Waals surface area contributed by atoms with Crippen LogP contribution >= 0.6 is 0 Å². The molecule has 2 rings (SSSR count). The van der Waals surface area contributed by atoms with Crippen molar-refractivity contribution in [1.29, 1.82) is 0 Å². The third-order valence-corrected chi connectivity index (χ3v) is 3.48. The van der Waals surface area contributed by atoms with Gasteiger partial charge in [0, 0.05) is 18.2 Å². The summed E-state index contributed by atoms with van der Waals surface area (Å²) in [6.07, 6.45) is 2.30. The van der Waals surface area contributed by atoms with E-state index in [1.807, 2.05) is 0 Å². The van der Waals surface area contributed by atoms with Crippen molar-refractivity contribution in [3.05, 3.63) is 24.3 Å². The molecule has 2 atom stereocenters. The van der Waals surface area contributed by atoms with Crippen LogP contribution in [0.2, 0.25) is 0 Å². The molecular weight excluding hydrogens is 282 g/mol. The van der Waals surface area contributed by atoms with Gasteiger partial charge in [0.05, 0.1) is 6.10 Å². The van der Waals surface area contributed by atoms with Crippen molar-refractivity contribution in [3.63, 3.8) is 0 Å². The lowest BCUT2D eigenvalue weighted by atomic mass is 10.1. The van der Waals surface area contributed by atoms with Crippen LogP contribution in [0.3, 0.4) is 0 Å². The maximum atomic E-state index is 12.0. The largest absolute Gasteiger partial charge is 0.435 e. The number of benzene rings is 1. The first-order valence-corrected chi connectivity index (χ1v) is 6.82. The number of halogens is 2. The summed E-state index contributed by atoms with van der Waals surface area (Å²) in [5.74, 6) is 0.127. The molecular formula is C14H18F2N2O3. The summed E-state index contributed by atoms with van der Waals surface area (Å²) in [5.41, 5.74) is 0.473. The number of ether oxygens (including phenoxy) is 1. The zero-order valence-electron chi connectivity index (χ0n) is 11.4. The minimum Gasteiger partial charge on any atom is -0.435 e. The molecule has 0 bridgehead atoms. The van der Waals surface area contributed by atoms with E-state index in [2.05, 4.69) is 15.4 Å². The third-order valence-electron chi connectivity index (χ3n) is 3.48. The molecule has 3 N–H and O–H groups in total. The zero-order valence-corrected chi connectivity index (χ0v) is 11.4. The summed E-state index contributed by atoms with van der Waals surface area (Å²) in [7, 11) is 0. The smallest absolute Gasteiger partial charge is 0.387 e. The number of urea groups is 1. The number of hydrogen-bond acceptors (Lipinski definition) is 3. The number of aliphatic hydroxyl groups excluding tert-OH is 1. The van der Waals surface area contributed by atoms with Crippen molar-refractivity contribution in [1.82, 2.24) is 5.32 Å². The molecule has 116 valence electrons. The summed E-state index contributed by atoms with van der Waals surface area (Å²) in [4.78, 5) is 11.7. The van der Waals surface area contributed by atoms with Gasteiger partial charge < -0.3 is 20.5 Å². The van der Waals surface area contributed by atoms with Gasteiger partial charge in [0.2, 0.25) is 0 Å². The predicted octanol–water partition coefficient (Wildman–Crippen LogP) is 2.57. The predicted molar refractivity (Wildman–Crippen MR) is 73.4 cm³/mol. The van der Waals surface area contributed by atoms with E-state index in [-0.39, 0.29) is 17.8 Å². The molecule has 1 fully saturated rings. The van der Waals surface area contributed by atoms with Crippen molar-refractivity contribution in [2.24, 2.45) is 5.92 Å². The highest BCUT2D eigenvalue weighted by atomic mass is 19.3. The summed E-state index contributed by atoms with van der Waals surface area (Å²) in [5, 5.41) is 14.9. The second-order valence-electron chi connectivity index (χ2n) is 5.00. The lowest BCUT2D eigenvalue weighted by Gasteiger charge is -2.15. The molecule has 1 aromatic rings. The van der Waals surface area contributed by atoms with Crippen molar-refractivity contribution in [2.75, 3.05) is 11.9 Å². The minimum atomic E-state index is -2.87. The van der Waals surface area contributed by atoms with Crippen molar-refractivity contribution < 1.29 is 23.4 Å². The van der Waals surface area contributed by atoms with Crippen LogP contribution in [-0.4, -0.2) is 30.4 Å². The van der Waals surface area contributed by atoms with E-state index in [0.29, 0.717) is 12.2 Å². The molecule has 21 heavy (non-hydrogen) atoms. The van der Waals surface area contributed by atoms with Gasteiger partial charge in [-0.3, -0.25) is 0 Å². The quantitative estimate of drug-likeness (QED) is 0.782. The highest BCUT2D eigenvalue weighted by molar-refractivity contribution is 5.89. The van der Waals surface area contributed by atoms with Crippen LogP contribution in [0.1, 0.15) is 19.3 Å². The molecule has 1 aliphatic carbocycles. The van der Waals surface area contributed by atoms with E-state index in [1.54, 1.807) is 0 Å². The first kappa shape index (κ1) is 15.5. The molecule has 0 heterocycles. The summed E-state index contributed by atoms with van der Waals surface area (Å²) >= 11 is 0. The van der Waals surface area contributed by atoms with Gasteiger partial charge in [-0.05, 0) is 37.1 Å². The lowest BCUT2D eigenvalue weighted by molar-refractivity contribution is -0.0498. The number of nitrogens with one attached hydrogen (secondary N) is 2. The van der Waals surface area contributed by atoms with E-state index >= 15 is 0 Å². The highest BCUT2D eigenvalue weighted by Crippen LogP contribution is 2.24. The first-order valence-electron chi connectivity index (χ1n) is 6.82. The Hall–Kier alpha value is -1.89. The number of alkyl halides is 2. The van der Waals surface area contributed by atoms with Gasteiger partial charge >= 0.3 is 12.6 Å². The molecule has 1 saturated carbocycles. The van der Waals surface area contributed by atoms with Crippen LogP contribution in [0.15, 0.2) is 24.3 Å². The molecule has 7 heteroatoms. The SMILES string of the molecule is O=C(NC[C@@H]1CCC[C@@H]1O)Nc1ccc(OC(F)F)cc1. The van der Waals surface area contributed by atoms with Crippen LogP contribution < -0.4 is 15.4 Å². The Morgan fingerprint density at radius 1 is 1.33 bits per heavy atom. The molecule has 0 saturated heterocycles. The number of rotatable bonds is 5. The Kier molecular flexibility index (Phi) is 5.32. The maximum Gasteiger partial charge on any atom is 0.387 e. The van der Waals surface area contributed by atoms with Gasteiger partial charge in [-0.25, -0.2) is 4.79 Å². The van der Waals surface area contributed by atoms with Gasteiger partial charge in [-0.1, -0.05) is 6.42 Å². The van der Waals surface area contributed by atoms with Crippen LogP contribution in [0, 0.1) is 5.92 Å². The average Bonchev–Trinajstić information content (AvgIpc) is 2.84. The molecule has 0 unspecified atom stereocenters. The van der Waals surface area contributed by atoms with Crippen LogP contribution in [-0.2, 0) is 0 Å². The van der Waals surface area contributed by atoms with Crippen LogP contribution in [0.25, 0.3) is 0 Å². The molecule has 0 aromatic heterocycles. The second kappa shape index (κ2) is 7.21. The van der Waals surface area contributed by atoms with Crippen LogP contribution in [0.4, 0.5) is 19.3 Å². The standard InChI is InChI=1S/C14H18F2N2O3/c15-13(16)21-11-6-4-10(5-7-11)18-14(20)17-8-9-2-1-3-12(9)19/h4-7,9,12-13,19H,1-3,8H2,(H2,17,18,20)/t9-,12-/m0/s1. The van der Waals surface area contributed by atoms with E-state index < -0.39 is 12.6 Å². The fourth-order valence-corrected chi connectivity index (χ4v) is 2.37. The summed E-state index contributed by atoms with van der Waals surface area (Å²) in [6, 6.07) is 5.26. The Morgan fingerprint density at radius 3 is 2.62 bits per heavy atom. The monoisotopic (exact) mass is 300 g/mol. The normalized spacial score (nSPS) is 21.3. The number of anilines is 1. The zero-order chi connectivity index (χ0) is 15.2. The Bertz CT molecular complexity index is 468. The number of aliphatic hydroxyl groups is 1. The Morgan fingerprint density at radius 2 is 2.05 bits per heavy atom. The minimum absolute atomic E-state index is 0.0324. The molecule has 0 spiro atoms. The molecule has 5 nitrogen and oxygen atoms in total. The van der Waals surface area contributed by atoms with E-state index in [1.165, 1.54) is 24.3 Å². The third kappa shape index (κ3) is 4.86. The Labute approximate surface area is 121 Å². The molecule has 2 amide bonds. The van der Waals surface area contributed by atoms with Crippen molar-refractivity contribution >= 4 is 11.7 Å². The first-order chi connectivity index (χ1) is 10.0. The van der Waals surface area contributed by atoms with Gasteiger partial charge in [0.1, 0.15) is 5.75 Å². The number of carbonyl (C=O) groups is 1. The molecule has 1 aromatic carbocycles. The molecule has 0 aliphatic heterocycles. The fourth-order valence-electron chi connectivity index (χ4n) is 2.37. The molecule has 0 radical (unpaired) electrons. The molecule has 1 aliphatic rings. The van der Waals surface area contributed by atoms with Gasteiger partial charge in [0.15, 0.2) is 0 Å². The maximum absolute atomic E-state index is 12.0. The topological polar surface area (TPSA) is 70.6 Å². The highest BCUT2D eigenvalue weighted by Gasteiger charge is 2.25. The Balaban J connectivity index is 1.77. The second-order valence-corrected chi connectivity index (χ2v) is 5.00. The van der Waals surface area contributed by atoms with Crippen LogP contribution in [0.5, 0.6) is 5.75 Å². The van der Waals surface area contributed by atoms with Crippen molar-refractivity contribution in [3.8, 4) is 5.75 Å². The van der Waals surface area contributed by atoms with Crippen molar-refractivity contribution in [2.45, 2.75) is 32.0 Å². The summed E-state index contributed by atoms with van der Waals surface area (Å²) < 4.78 is 28.2. The fraction of sp³-hybridized carbons (Fsp3) is 0.500. The number of hydrogen-bond donors (Lipinski definition) is 3. The van der Waals surface area contributed by atoms with E-state index in [4.69, 9.17) is 0 Å². The summed E-state index contributed by atoms with van der Waals surface area (Å²) in [6.45, 7) is -2.45. The van der Waals surface area contributed by atoms with E-state index in [0.717, 1.165) is 19.3 Å². The van der Waals surface area contributed by atoms with E-state index in [9.17, 15) is 18.7 Å². The number of amides is 2. The lowest BCUT2D eigenvalue weighted by Crippen LogP contribution is -2.35. The average molecular weight is 300 g/mol.